The standard InChI is InChI=1S/2C23H32O5S.Ca/c2*1-2-3-4-5-6-7-8-9-10-11-19-12-14-20(15-13-19)28-23-18-21(29(25,26)27)16-17-22(23)24;/h2*12-18,24H,2-11H2,1H3,(H,25,26,27);/q;;+2/p-2. The molecule has 0 saturated heterocycles. The maximum Gasteiger partial charge on any atom is 2.00 e. The fraction of sp³-hybridized carbons (Fsp3) is 0.478. The van der Waals surface area contributed by atoms with E-state index in [4.69, 9.17) is 14.0 Å². The van der Waals surface area contributed by atoms with Gasteiger partial charge in [0.05, 0.1) is 9.79 Å². The molecule has 0 fully saturated rings. The van der Waals surface area contributed by atoms with Gasteiger partial charge in [0, 0.05) is 6.07 Å². The van der Waals surface area contributed by atoms with Crippen molar-refractivity contribution in [2.24, 2.45) is 0 Å². The van der Waals surface area contributed by atoms with Crippen LogP contribution in [-0.2, 0) is 33.1 Å². The van der Waals surface area contributed by atoms with Crippen LogP contribution in [0.2, 0.25) is 0 Å². The molecule has 59 heavy (non-hydrogen) atoms. The predicted molar refractivity (Wildman–Crippen MR) is 232 cm³/mol. The van der Waals surface area contributed by atoms with Crippen LogP contribution in [0.15, 0.2) is 94.7 Å². The number of unbranched alkanes of at least 4 members (excludes halogenated alkanes) is 16. The van der Waals surface area contributed by atoms with Crippen LogP contribution in [0.1, 0.15) is 141 Å². The SMILES string of the molecule is CCCCCCCCCCCc1ccc(Oc2cc(S(=O)(=O)O)ccc2O)cc1.CCCCCCCCCCCc1ccc(Oc2cc(S(=O)(=O)[O-])ccc2[O-])cc1.[Ca+2]. The van der Waals surface area contributed by atoms with Crippen molar-refractivity contribution in [3.63, 3.8) is 0 Å². The molecule has 0 heterocycles. The van der Waals surface area contributed by atoms with Crippen molar-refractivity contribution in [1.82, 2.24) is 0 Å². The van der Waals surface area contributed by atoms with Crippen molar-refractivity contribution in [2.75, 3.05) is 0 Å². The first-order valence-corrected chi connectivity index (χ1v) is 23.8. The third-order valence-electron chi connectivity index (χ3n) is 9.87. The summed E-state index contributed by atoms with van der Waals surface area (Å²) in [5.74, 6) is 0.0507. The Kier molecular flexibility index (Phi) is 25.4. The van der Waals surface area contributed by atoms with Gasteiger partial charge < -0.3 is 24.2 Å². The summed E-state index contributed by atoms with van der Waals surface area (Å²) in [4.78, 5) is -0.804. The molecule has 10 nitrogen and oxygen atoms in total. The average molecular weight is 879 g/mol. The summed E-state index contributed by atoms with van der Waals surface area (Å²) in [5.41, 5.74) is 2.41. The quantitative estimate of drug-likeness (QED) is 0.0351. The van der Waals surface area contributed by atoms with Crippen molar-refractivity contribution in [1.29, 1.82) is 0 Å². The van der Waals surface area contributed by atoms with E-state index >= 15 is 0 Å². The molecule has 320 valence electrons. The monoisotopic (exact) mass is 878 g/mol. The third kappa shape index (κ3) is 21.5. The second-order valence-electron chi connectivity index (χ2n) is 14.8. The second kappa shape index (κ2) is 28.6. The Bertz CT molecular complexity index is 1840. The molecule has 0 radical (unpaired) electrons. The summed E-state index contributed by atoms with van der Waals surface area (Å²) in [6.07, 6.45) is 25.4. The average Bonchev–Trinajstić information content (AvgIpc) is 3.19. The van der Waals surface area contributed by atoms with Gasteiger partial charge in [0.25, 0.3) is 10.1 Å². The number of rotatable bonds is 26. The Hall–Kier alpha value is -2.84. The van der Waals surface area contributed by atoms with Gasteiger partial charge in [0.15, 0.2) is 11.5 Å². The van der Waals surface area contributed by atoms with E-state index in [1.807, 2.05) is 24.3 Å². The number of hydrogen-bond acceptors (Lipinski definition) is 9. The van der Waals surface area contributed by atoms with Gasteiger partial charge in [0.2, 0.25) is 0 Å². The molecular weight excluding hydrogens is 817 g/mol. The number of aromatic hydroxyl groups is 1. The summed E-state index contributed by atoms with van der Waals surface area (Å²) in [6, 6.07) is 21.3. The summed E-state index contributed by atoms with van der Waals surface area (Å²) in [6.45, 7) is 4.47. The zero-order valence-electron chi connectivity index (χ0n) is 34.9. The van der Waals surface area contributed by atoms with E-state index in [9.17, 15) is 31.6 Å². The Balaban J connectivity index is 0.000000400. The van der Waals surface area contributed by atoms with E-state index in [-0.39, 0.29) is 59.9 Å². The molecule has 0 aromatic heterocycles. The maximum atomic E-state index is 11.8. The molecule has 0 aliphatic heterocycles. The normalized spacial score (nSPS) is 11.3. The van der Waals surface area contributed by atoms with Crippen molar-refractivity contribution < 1.29 is 45.6 Å². The molecule has 0 unspecified atom stereocenters. The molecule has 0 aliphatic rings. The van der Waals surface area contributed by atoms with Crippen LogP contribution in [0, 0.1) is 0 Å². The van der Waals surface area contributed by atoms with Crippen molar-refractivity contribution in [2.45, 2.75) is 152 Å². The second-order valence-corrected chi connectivity index (χ2v) is 17.6. The number of phenols is 1. The molecule has 4 aromatic carbocycles. The van der Waals surface area contributed by atoms with Crippen LogP contribution in [-0.4, -0.2) is 68.8 Å². The van der Waals surface area contributed by atoms with Crippen LogP contribution in [0.4, 0.5) is 0 Å². The predicted octanol–water partition coefficient (Wildman–Crippen LogP) is 11.7. The number of benzene rings is 4. The molecular formula is C46H62CaO10S2. The minimum absolute atomic E-state index is 0. The third-order valence-corrected chi connectivity index (χ3v) is 11.6. The number of aryl methyl sites for hydroxylation is 2. The van der Waals surface area contributed by atoms with E-state index < -0.39 is 30.9 Å². The van der Waals surface area contributed by atoms with Crippen LogP contribution < -0.4 is 14.6 Å². The van der Waals surface area contributed by atoms with Gasteiger partial charge in [-0.3, -0.25) is 4.55 Å². The Labute approximate surface area is 383 Å². The van der Waals surface area contributed by atoms with Crippen molar-refractivity contribution >= 4 is 58.0 Å². The minimum atomic E-state index is -4.63. The van der Waals surface area contributed by atoms with Gasteiger partial charge in [-0.05, 0) is 85.3 Å². The fourth-order valence-electron chi connectivity index (χ4n) is 6.44. The first-order valence-electron chi connectivity index (χ1n) is 20.9. The molecule has 0 atom stereocenters. The van der Waals surface area contributed by atoms with E-state index in [0.717, 1.165) is 56.0 Å². The number of hydrogen-bond donors (Lipinski definition) is 2. The minimum Gasteiger partial charge on any atom is -0.870 e. The number of phenolic OH excluding ortho intramolecular Hbond substituents is 1. The summed E-state index contributed by atoms with van der Waals surface area (Å²) in [7, 11) is -8.99. The van der Waals surface area contributed by atoms with Crippen LogP contribution in [0.5, 0.6) is 34.5 Å². The van der Waals surface area contributed by atoms with E-state index in [1.165, 1.54) is 120 Å². The van der Waals surface area contributed by atoms with Gasteiger partial charge in [-0.2, -0.15) is 8.42 Å². The molecule has 13 heteroatoms. The smallest absolute Gasteiger partial charge is 0.870 e. The fourth-order valence-corrected chi connectivity index (χ4v) is 7.42. The molecule has 0 amide bonds. The Morgan fingerprint density at radius 2 is 0.881 bits per heavy atom. The molecule has 0 spiro atoms. The van der Waals surface area contributed by atoms with Gasteiger partial charge in [-0.25, -0.2) is 8.42 Å². The van der Waals surface area contributed by atoms with E-state index in [0.29, 0.717) is 11.5 Å². The molecule has 4 aromatic rings. The van der Waals surface area contributed by atoms with Gasteiger partial charge >= 0.3 is 37.7 Å². The zero-order chi connectivity index (χ0) is 42.2. The molecule has 0 bridgehead atoms. The maximum absolute atomic E-state index is 11.8. The Morgan fingerprint density at radius 1 is 0.508 bits per heavy atom. The van der Waals surface area contributed by atoms with E-state index in [2.05, 4.69) is 13.8 Å². The van der Waals surface area contributed by atoms with Crippen LogP contribution >= 0.6 is 0 Å². The molecule has 0 aliphatic carbocycles. The van der Waals surface area contributed by atoms with Crippen molar-refractivity contribution in [3.8, 4) is 34.5 Å². The van der Waals surface area contributed by atoms with Gasteiger partial charge in [0.1, 0.15) is 27.4 Å². The molecule has 2 N–H and O–H groups in total. The van der Waals surface area contributed by atoms with Gasteiger partial charge in [-0.15, -0.1) is 0 Å². The summed E-state index contributed by atoms with van der Waals surface area (Å²) >= 11 is 0. The first-order chi connectivity index (χ1) is 27.8. The van der Waals surface area contributed by atoms with Crippen LogP contribution in [0.3, 0.4) is 0 Å². The molecule has 4 rings (SSSR count). The molecule has 0 saturated carbocycles. The van der Waals surface area contributed by atoms with Gasteiger partial charge in [-0.1, -0.05) is 153 Å². The summed E-state index contributed by atoms with van der Waals surface area (Å²) in [5, 5.41) is 21.7. The first kappa shape index (κ1) is 52.3. The largest absolute Gasteiger partial charge is 2.00 e. The Morgan fingerprint density at radius 3 is 1.29 bits per heavy atom. The van der Waals surface area contributed by atoms with Crippen LogP contribution in [0.25, 0.3) is 0 Å². The van der Waals surface area contributed by atoms with Crippen molar-refractivity contribution in [3.05, 3.63) is 96.1 Å². The summed E-state index contributed by atoms with van der Waals surface area (Å²) < 4.78 is 76.0. The number of ether oxygens (including phenoxy) is 2. The topological polar surface area (TPSA) is 173 Å². The van der Waals surface area contributed by atoms with E-state index in [1.54, 1.807) is 24.3 Å². The zero-order valence-corrected chi connectivity index (χ0v) is 38.8.